The maximum atomic E-state index is 12.2. The van der Waals surface area contributed by atoms with E-state index in [1.54, 1.807) is 6.92 Å². The number of aromatic nitrogens is 2. The van der Waals surface area contributed by atoms with E-state index in [9.17, 15) is 28.1 Å². The Kier molecular flexibility index (Phi) is 4.98. The van der Waals surface area contributed by atoms with Gasteiger partial charge in [0.2, 0.25) is 0 Å². The van der Waals surface area contributed by atoms with Crippen LogP contribution in [-0.2, 0) is 11.3 Å². The fourth-order valence-electron chi connectivity index (χ4n) is 2.64. The van der Waals surface area contributed by atoms with E-state index >= 15 is 0 Å². The minimum absolute atomic E-state index is 0.0452. The quantitative estimate of drug-likeness (QED) is 0.544. The number of alkyl halides is 3. The number of carbonyl (C=O) groups excluding carboxylic acids is 1. The maximum absolute atomic E-state index is 12.2. The van der Waals surface area contributed by atoms with E-state index in [0.717, 1.165) is 17.0 Å². The summed E-state index contributed by atoms with van der Waals surface area (Å²) >= 11 is 0. The molecule has 0 saturated carbocycles. The average molecular weight is 416 g/mol. The van der Waals surface area contributed by atoms with Gasteiger partial charge in [-0.3, -0.25) is 9.47 Å². The average Bonchev–Trinajstić information content (AvgIpc) is 3.14. The number of halogens is 3. The molecule has 1 atom stereocenters. The lowest BCUT2D eigenvalue weighted by Crippen LogP contribution is -2.40. The number of imidazole rings is 1. The van der Waals surface area contributed by atoms with Crippen LogP contribution < -0.4 is 14.4 Å². The van der Waals surface area contributed by atoms with Crippen molar-refractivity contribution < 1.29 is 37.1 Å². The highest BCUT2D eigenvalue weighted by atomic mass is 19.4. The van der Waals surface area contributed by atoms with Crippen LogP contribution in [0.3, 0.4) is 0 Å². The number of ether oxygens (including phenoxy) is 3. The second kappa shape index (κ2) is 7.14. The first-order valence-electron chi connectivity index (χ1n) is 8.13. The van der Waals surface area contributed by atoms with Gasteiger partial charge in [-0.2, -0.15) is 0 Å². The van der Waals surface area contributed by atoms with Crippen LogP contribution in [0.5, 0.6) is 11.8 Å². The molecule has 0 radical (unpaired) electrons. The third kappa shape index (κ3) is 4.67. The van der Waals surface area contributed by atoms with Gasteiger partial charge in [-0.15, -0.1) is 13.2 Å². The molecule has 13 heteroatoms. The summed E-state index contributed by atoms with van der Waals surface area (Å²) in [5, 5.41) is 10.7. The molecule has 2 aromatic rings. The zero-order valence-corrected chi connectivity index (χ0v) is 15.2. The van der Waals surface area contributed by atoms with E-state index in [1.807, 2.05) is 0 Å². The van der Waals surface area contributed by atoms with E-state index in [-0.39, 0.29) is 30.7 Å². The van der Waals surface area contributed by atoms with Crippen LogP contribution in [-0.4, -0.2) is 46.2 Å². The third-order valence-electron chi connectivity index (χ3n) is 3.99. The molecule has 0 unspecified atom stereocenters. The lowest BCUT2D eigenvalue weighted by molar-refractivity contribution is -0.389. The van der Waals surface area contributed by atoms with Crippen molar-refractivity contribution in [3.63, 3.8) is 0 Å². The van der Waals surface area contributed by atoms with Crippen LogP contribution in [0.15, 0.2) is 30.5 Å². The number of nitrogens with zero attached hydrogens (tertiary/aromatic N) is 4. The van der Waals surface area contributed by atoms with Crippen molar-refractivity contribution in [1.29, 1.82) is 0 Å². The molecule has 0 spiro atoms. The lowest BCUT2D eigenvalue weighted by atomic mass is 10.1. The lowest BCUT2D eigenvalue weighted by Gasteiger charge is -2.24. The monoisotopic (exact) mass is 416 g/mol. The van der Waals surface area contributed by atoms with E-state index in [4.69, 9.17) is 9.47 Å². The minimum Gasteiger partial charge on any atom is -0.445 e. The topological polar surface area (TPSA) is 109 Å². The summed E-state index contributed by atoms with van der Waals surface area (Å²) in [6.07, 6.45) is -4.36. The summed E-state index contributed by atoms with van der Waals surface area (Å²) in [4.78, 5) is 27.1. The highest BCUT2D eigenvalue weighted by Gasteiger charge is 2.41. The standard InChI is InChI=1S/C16H15F3N4O6/c1-15(8-22-7-12(23(25)26)20-13(22)29-15)9-27-14(24)21(2)10-3-5-11(6-4-10)28-16(17,18)19/h3-7H,8-9H2,1-2H3/t15-/m0/s1. The van der Waals surface area contributed by atoms with Crippen LogP contribution in [0.4, 0.5) is 29.5 Å². The molecule has 3 rings (SSSR count). The van der Waals surface area contributed by atoms with Gasteiger partial charge in [0.25, 0.3) is 0 Å². The van der Waals surface area contributed by atoms with Crippen LogP contribution >= 0.6 is 0 Å². The Morgan fingerprint density at radius 1 is 1.41 bits per heavy atom. The second-order valence-electron chi connectivity index (χ2n) is 6.47. The number of carbonyl (C=O) groups is 1. The first-order valence-corrected chi connectivity index (χ1v) is 8.13. The molecule has 29 heavy (non-hydrogen) atoms. The number of nitro groups is 1. The van der Waals surface area contributed by atoms with Gasteiger partial charge < -0.3 is 24.3 Å². The van der Waals surface area contributed by atoms with E-state index in [1.165, 1.54) is 29.9 Å². The van der Waals surface area contributed by atoms with E-state index in [2.05, 4.69) is 9.72 Å². The highest BCUT2D eigenvalue weighted by molar-refractivity contribution is 5.87. The second-order valence-corrected chi connectivity index (χ2v) is 6.47. The van der Waals surface area contributed by atoms with Gasteiger partial charge in [-0.05, 0) is 36.1 Å². The number of fused-ring (bicyclic) bond motifs is 1. The van der Waals surface area contributed by atoms with Crippen LogP contribution in [0, 0.1) is 10.1 Å². The Hall–Kier alpha value is -3.51. The molecule has 2 heterocycles. The Morgan fingerprint density at radius 3 is 2.62 bits per heavy atom. The molecular formula is C16H15F3N4O6. The van der Waals surface area contributed by atoms with Crippen LogP contribution in [0.1, 0.15) is 6.92 Å². The van der Waals surface area contributed by atoms with Crippen molar-refractivity contribution in [2.45, 2.75) is 25.4 Å². The molecule has 1 aromatic heterocycles. The summed E-state index contributed by atoms with van der Waals surface area (Å²) in [7, 11) is 1.38. The molecule has 0 saturated heterocycles. The Bertz CT molecular complexity index is 904. The van der Waals surface area contributed by atoms with Gasteiger partial charge >= 0.3 is 24.3 Å². The Labute approximate surface area is 161 Å². The minimum atomic E-state index is -4.81. The summed E-state index contributed by atoms with van der Waals surface area (Å²) in [6.45, 7) is 1.65. The number of amides is 1. The SMILES string of the molecule is CN(C(=O)OC[C@]1(C)Cn2cc([N+](=O)[O-])nc2O1)c1ccc(OC(F)(F)F)cc1. The van der Waals surface area contributed by atoms with Crippen molar-refractivity contribution in [2.75, 3.05) is 18.6 Å². The molecular weight excluding hydrogens is 401 g/mol. The van der Waals surface area contributed by atoms with Gasteiger partial charge in [-0.25, -0.2) is 4.79 Å². The van der Waals surface area contributed by atoms with Crippen molar-refractivity contribution in [3.8, 4) is 11.8 Å². The number of hydrogen-bond donors (Lipinski definition) is 0. The van der Waals surface area contributed by atoms with E-state index < -0.39 is 28.7 Å². The molecule has 0 bridgehead atoms. The number of rotatable bonds is 5. The predicted molar refractivity (Wildman–Crippen MR) is 90.8 cm³/mol. The Morgan fingerprint density at radius 2 is 2.07 bits per heavy atom. The summed E-state index contributed by atoms with van der Waals surface area (Å²) in [5.41, 5.74) is -0.691. The number of anilines is 1. The summed E-state index contributed by atoms with van der Waals surface area (Å²) in [6, 6.07) is 4.72. The first kappa shape index (κ1) is 20.2. The summed E-state index contributed by atoms with van der Waals surface area (Å²) in [5.74, 6) is -0.768. The van der Waals surface area contributed by atoms with Crippen molar-refractivity contribution in [1.82, 2.24) is 9.55 Å². The fraction of sp³-hybridized carbons (Fsp3) is 0.375. The van der Waals surface area contributed by atoms with Gasteiger partial charge in [0.05, 0.1) is 6.54 Å². The largest absolute Gasteiger partial charge is 0.573 e. The van der Waals surface area contributed by atoms with Gasteiger partial charge in [0.1, 0.15) is 18.6 Å². The van der Waals surface area contributed by atoms with Crippen molar-refractivity contribution in [3.05, 3.63) is 40.6 Å². The molecule has 0 aliphatic carbocycles. The van der Waals surface area contributed by atoms with Crippen molar-refractivity contribution in [2.24, 2.45) is 0 Å². The smallest absolute Gasteiger partial charge is 0.445 e. The van der Waals surface area contributed by atoms with Gasteiger partial charge in [0.15, 0.2) is 5.60 Å². The molecule has 1 aliphatic rings. The molecule has 0 fully saturated rings. The van der Waals surface area contributed by atoms with Crippen LogP contribution in [0.25, 0.3) is 0 Å². The molecule has 1 aromatic carbocycles. The molecule has 1 amide bonds. The molecule has 10 nitrogen and oxygen atoms in total. The first-order chi connectivity index (χ1) is 13.5. The molecule has 156 valence electrons. The fourth-order valence-corrected chi connectivity index (χ4v) is 2.64. The summed E-state index contributed by atoms with van der Waals surface area (Å²) < 4.78 is 52.5. The zero-order chi connectivity index (χ0) is 21.4. The Balaban J connectivity index is 1.56. The van der Waals surface area contributed by atoms with E-state index in [0.29, 0.717) is 0 Å². The number of hydrogen-bond acceptors (Lipinski definition) is 7. The molecule has 0 N–H and O–H groups in total. The maximum Gasteiger partial charge on any atom is 0.573 e. The highest BCUT2D eigenvalue weighted by Crippen LogP contribution is 2.31. The third-order valence-corrected chi connectivity index (χ3v) is 3.99. The predicted octanol–water partition coefficient (Wildman–Crippen LogP) is 3.11. The van der Waals surface area contributed by atoms with Crippen LogP contribution in [0.2, 0.25) is 0 Å². The zero-order valence-electron chi connectivity index (χ0n) is 15.2. The van der Waals surface area contributed by atoms with Crippen molar-refractivity contribution >= 4 is 17.6 Å². The number of benzene rings is 1. The van der Waals surface area contributed by atoms with Gasteiger partial charge in [-0.1, -0.05) is 0 Å². The normalized spacial score (nSPS) is 18.0. The molecule has 1 aliphatic heterocycles. The van der Waals surface area contributed by atoms with Gasteiger partial charge in [0, 0.05) is 17.7 Å².